The van der Waals surface area contributed by atoms with Crippen LogP contribution in [0.4, 0.5) is 5.69 Å². The maximum atomic E-state index is 10.8. The van der Waals surface area contributed by atoms with E-state index in [0.717, 1.165) is 34.6 Å². The average molecular weight is 449 g/mol. The number of hydrogen-bond acceptors (Lipinski definition) is 5. The van der Waals surface area contributed by atoms with Gasteiger partial charge in [0.25, 0.3) is 0 Å². The van der Waals surface area contributed by atoms with Gasteiger partial charge in [-0.2, -0.15) is 0 Å². The van der Waals surface area contributed by atoms with Gasteiger partial charge < -0.3 is 22.5 Å². The lowest BCUT2D eigenvalue weighted by molar-refractivity contribution is 0.101. The fraction of sp³-hybridized carbons (Fsp3) is 0.250. The third kappa shape index (κ3) is 12.8. The molecule has 0 heterocycles. The molecule has 33 heavy (non-hydrogen) atoms. The van der Waals surface area contributed by atoms with Gasteiger partial charge in [0.1, 0.15) is 0 Å². The molecule has 7 N–H and O–H groups in total. The van der Waals surface area contributed by atoms with E-state index >= 15 is 0 Å². The smallest absolute Gasteiger partial charge is 0.159 e. The number of anilines is 1. The van der Waals surface area contributed by atoms with E-state index in [-0.39, 0.29) is 5.78 Å². The second-order valence-electron chi connectivity index (χ2n) is 7.37. The highest BCUT2D eigenvalue weighted by atomic mass is 16.1. The van der Waals surface area contributed by atoms with Crippen LogP contribution in [0.2, 0.25) is 0 Å². The highest BCUT2D eigenvalue weighted by Gasteiger charge is 1.98. The molecule has 0 unspecified atom stereocenters. The zero-order valence-corrected chi connectivity index (χ0v) is 20.9. The molecule has 0 saturated carbocycles. The minimum atomic E-state index is 0.128. The molecule has 3 aromatic carbocycles. The Morgan fingerprint density at radius 1 is 0.909 bits per heavy atom. The highest BCUT2D eigenvalue weighted by Crippen LogP contribution is 2.22. The predicted molar refractivity (Wildman–Crippen MR) is 144 cm³/mol. The van der Waals surface area contributed by atoms with Crippen molar-refractivity contribution in [1.29, 1.82) is 0 Å². The van der Waals surface area contributed by atoms with Crippen LogP contribution in [0.3, 0.4) is 0 Å². The van der Waals surface area contributed by atoms with Crippen molar-refractivity contribution in [3.8, 4) is 11.1 Å². The van der Waals surface area contributed by atoms with E-state index in [1.54, 1.807) is 6.92 Å². The van der Waals surface area contributed by atoms with Crippen molar-refractivity contribution in [2.75, 3.05) is 19.3 Å². The van der Waals surface area contributed by atoms with Crippen LogP contribution < -0.4 is 22.5 Å². The first kappa shape index (κ1) is 29.4. The maximum Gasteiger partial charge on any atom is 0.159 e. The van der Waals surface area contributed by atoms with Gasteiger partial charge in [0.2, 0.25) is 0 Å². The SMILES string of the molecule is CC(=O)c1cccc(C)c1.CCN.CN/C(C)=C\N.Cc1cc(-c2ccccc2)ccc1N. The Labute approximate surface area is 199 Å². The van der Waals surface area contributed by atoms with Crippen LogP contribution >= 0.6 is 0 Å². The van der Waals surface area contributed by atoms with Gasteiger partial charge in [-0.1, -0.05) is 67.1 Å². The lowest BCUT2D eigenvalue weighted by atomic mass is 10.0. The topological polar surface area (TPSA) is 107 Å². The summed E-state index contributed by atoms with van der Waals surface area (Å²) in [5.41, 5.74) is 23.0. The second kappa shape index (κ2) is 17.0. The number of ketones is 1. The summed E-state index contributed by atoms with van der Waals surface area (Å²) >= 11 is 0. The Balaban J connectivity index is 0.000000472. The fourth-order valence-electron chi connectivity index (χ4n) is 2.43. The van der Waals surface area contributed by atoms with Crippen LogP contribution in [0.15, 0.2) is 84.7 Å². The van der Waals surface area contributed by atoms with Gasteiger partial charge in [0.05, 0.1) is 0 Å². The number of nitrogens with two attached hydrogens (primary N) is 3. The molecule has 178 valence electrons. The summed E-state index contributed by atoms with van der Waals surface area (Å²) in [6.07, 6.45) is 1.53. The molecule has 0 saturated heterocycles. The van der Waals surface area contributed by atoms with Gasteiger partial charge in [-0.05, 0) is 69.1 Å². The van der Waals surface area contributed by atoms with Crippen molar-refractivity contribution in [2.45, 2.75) is 34.6 Å². The van der Waals surface area contributed by atoms with Crippen LogP contribution in [-0.2, 0) is 0 Å². The molecule has 0 fully saturated rings. The predicted octanol–water partition coefficient (Wildman–Crippen LogP) is 5.43. The summed E-state index contributed by atoms with van der Waals surface area (Å²) in [5.74, 6) is 0.128. The van der Waals surface area contributed by atoms with Crippen LogP contribution in [0.1, 0.15) is 42.3 Å². The van der Waals surface area contributed by atoms with E-state index in [1.807, 2.05) is 83.3 Å². The monoisotopic (exact) mass is 448 g/mol. The Morgan fingerprint density at radius 3 is 1.91 bits per heavy atom. The summed E-state index contributed by atoms with van der Waals surface area (Å²) in [6, 6.07) is 24.0. The first-order valence-electron chi connectivity index (χ1n) is 11.0. The van der Waals surface area contributed by atoms with Crippen LogP contribution in [0.5, 0.6) is 0 Å². The largest absolute Gasteiger partial charge is 0.403 e. The van der Waals surface area contributed by atoms with E-state index in [2.05, 4.69) is 29.6 Å². The Bertz CT molecular complexity index is 982. The van der Waals surface area contributed by atoms with Gasteiger partial charge in [-0.25, -0.2) is 0 Å². The zero-order chi connectivity index (χ0) is 25.2. The van der Waals surface area contributed by atoms with Crippen molar-refractivity contribution >= 4 is 11.5 Å². The Kier molecular flexibility index (Phi) is 15.2. The molecular formula is C28H40N4O. The number of nitrogens with one attached hydrogen (secondary N) is 1. The van der Waals surface area contributed by atoms with E-state index < -0.39 is 0 Å². The quantitative estimate of drug-likeness (QED) is 0.315. The van der Waals surface area contributed by atoms with Gasteiger partial charge >= 0.3 is 0 Å². The number of Topliss-reactive ketones (excluding diaryl/α,β-unsaturated/α-hetero) is 1. The van der Waals surface area contributed by atoms with Crippen molar-refractivity contribution in [3.05, 3.63) is 101 Å². The molecule has 0 amide bonds. The third-order valence-electron chi connectivity index (χ3n) is 4.45. The zero-order valence-electron chi connectivity index (χ0n) is 20.9. The number of aryl methyl sites for hydroxylation is 2. The molecule has 0 atom stereocenters. The minimum Gasteiger partial charge on any atom is -0.403 e. The van der Waals surface area contributed by atoms with E-state index in [0.29, 0.717) is 0 Å². The molecule has 0 spiro atoms. The normalized spacial score (nSPS) is 9.73. The van der Waals surface area contributed by atoms with E-state index in [9.17, 15) is 4.79 Å². The highest BCUT2D eigenvalue weighted by molar-refractivity contribution is 5.94. The minimum absolute atomic E-state index is 0.128. The fourth-order valence-corrected chi connectivity index (χ4v) is 2.43. The molecular weight excluding hydrogens is 408 g/mol. The molecule has 3 aromatic rings. The molecule has 0 aliphatic rings. The molecule has 5 heteroatoms. The lowest BCUT2D eigenvalue weighted by Crippen LogP contribution is -2.03. The van der Waals surface area contributed by atoms with E-state index in [1.165, 1.54) is 17.3 Å². The number of carbonyl (C=O) groups excluding carboxylic acids is 1. The summed E-state index contributed by atoms with van der Waals surface area (Å²) in [7, 11) is 1.83. The molecule has 0 radical (unpaired) electrons. The summed E-state index contributed by atoms with van der Waals surface area (Å²) < 4.78 is 0. The molecule has 0 bridgehead atoms. The van der Waals surface area contributed by atoms with Crippen molar-refractivity contribution in [1.82, 2.24) is 5.32 Å². The summed E-state index contributed by atoms with van der Waals surface area (Å²) in [4.78, 5) is 10.8. The standard InChI is InChI=1S/C13H13N.C9H10O.C4H10N2.C2H7N/c1-10-9-12(7-8-13(10)14)11-5-3-2-4-6-11;1-7-4-3-5-9(6-7)8(2)10;1-4(3-5)6-2;1-2-3/h2-9H,14H2,1H3;3-6H,1-2H3;3,6H,5H2,1-2H3;2-3H2,1H3/b;;4-3-;. The first-order chi connectivity index (χ1) is 15.7. The van der Waals surface area contributed by atoms with Gasteiger partial charge in [0.15, 0.2) is 5.78 Å². The summed E-state index contributed by atoms with van der Waals surface area (Å²) in [5, 5.41) is 2.85. The van der Waals surface area contributed by atoms with Crippen LogP contribution in [0.25, 0.3) is 11.1 Å². The van der Waals surface area contributed by atoms with Gasteiger partial charge in [-0.15, -0.1) is 0 Å². The van der Waals surface area contributed by atoms with Gasteiger partial charge in [-0.3, -0.25) is 4.79 Å². The Morgan fingerprint density at radius 2 is 1.52 bits per heavy atom. The lowest BCUT2D eigenvalue weighted by Gasteiger charge is -2.04. The maximum absolute atomic E-state index is 10.8. The number of nitrogen functional groups attached to an aromatic ring is 1. The third-order valence-corrected chi connectivity index (χ3v) is 4.45. The summed E-state index contributed by atoms with van der Waals surface area (Å²) in [6.45, 7) is 10.1. The van der Waals surface area contributed by atoms with Crippen molar-refractivity contribution < 1.29 is 4.79 Å². The molecule has 0 aliphatic heterocycles. The Hall–Kier alpha value is -3.57. The van der Waals surface area contributed by atoms with E-state index in [4.69, 9.17) is 17.2 Å². The molecule has 0 aromatic heterocycles. The first-order valence-corrected chi connectivity index (χ1v) is 11.0. The van der Waals surface area contributed by atoms with Gasteiger partial charge in [0, 0.05) is 30.2 Å². The molecule has 3 rings (SSSR count). The van der Waals surface area contributed by atoms with Crippen molar-refractivity contribution in [3.63, 3.8) is 0 Å². The number of benzene rings is 3. The molecule has 5 nitrogen and oxygen atoms in total. The number of carbonyl (C=O) groups is 1. The second-order valence-corrected chi connectivity index (χ2v) is 7.37. The average Bonchev–Trinajstić information content (AvgIpc) is 2.82. The molecule has 0 aliphatic carbocycles. The number of allylic oxidation sites excluding steroid dienone is 1. The van der Waals surface area contributed by atoms with Crippen molar-refractivity contribution in [2.24, 2.45) is 11.5 Å². The van der Waals surface area contributed by atoms with Crippen LogP contribution in [-0.4, -0.2) is 19.4 Å². The number of rotatable bonds is 3. The van der Waals surface area contributed by atoms with Crippen LogP contribution in [0, 0.1) is 13.8 Å². The number of hydrogen-bond donors (Lipinski definition) is 4.